The van der Waals surface area contributed by atoms with E-state index < -0.39 is 10.0 Å². The summed E-state index contributed by atoms with van der Waals surface area (Å²) in [5.41, 5.74) is 1.34. The Balaban J connectivity index is 2.17. The van der Waals surface area contributed by atoms with Gasteiger partial charge < -0.3 is 4.74 Å². The molecule has 1 unspecified atom stereocenters. The molecule has 1 aliphatic rings. The van der Waals surface area contributed by atoms with E-state index >= 15 is 0 Å². The van der Waals surface area contributed by atoms with Crippen molar-refractivity contribution in [2.24, 2.45) is 0 Å². The maximum absolute atomic E-state index is 13.1. The zero-order valence-electron chi connectivity index (χ0n) is 12.0. The number of fused-ring (bicyclic) bond motifs is 1. The second kappa shape index (κ2) is 5.07. The fourth-order valence-corrected chi connectivity index (χ4v) is 4.48. The molecular weight excluding hydrogens is 286 g/mol. The molecule has 3 rings (SSSR count). The SMILES string of the molecule is Cc1ccccc1S(=O)(=O)N1c2ccccc2OCC1C. The lowest BCUT2D eigenvalue weighted by Crippen LogP contribution is -2.45. The van der Waals surface area contributed by atoms with Crippen LogP contribution in [0.3, 0.4) is 0 Å². The van der Waals surface area contributed by atoms with Crippen LogP contribution in [-0.4, -0.2) is 21.1 Å². The van der Waals surface area contributed by atoms with Crippen LogP contribution >= 0.6 is 0 Å². The molecule has 1 aliphatic heterocycles. The monoisotopic (exact) mass is 303 g/mol. The minimum absolute atomic E-state index is 0.246. The number of rotatable bonds is 2. The molecule has 0 spiro atoms. The average molecular weight is 303 g/mol. The van der Waals surface area contributed by atoms with Crippen molar-refractivity contribution in [3.8, 4) is 5.75 Å². The van der Waals surface area contributed by atoms with Gasteiger partial charge in [0.1, 0.15) is 12.4 Å². The number of sulfonamides is 1. The Morgan fingerprint density at radius 2 is 1.76 bits per heavy atom. The highest BCUT2D eigenvalue weighted by atomic mass is 32.2. The van der Waals surface area contributed by atoms with Gasteiger partial charge in [0, 0.05) is 0 Å². The third-order valence-electron chi connectivity index (χ3n) is 3.61. The topological polar surface area (TPSA) is 46.6 Å². The van der Waals surface area contributed by atoms with E-state index in [1.165, 1.54) is 4.31 Å². The van der Waals surface area contributed by atoms with Crippen molar-refractivity contribution >= 4 is 15.7 Å². The van der Waals surface area contributed by atoms with Crippen LogP contribution in [0.1, 0.15) is 12.5 Å². The van der Waals surface area contributed by atoms with Crippen molar-refractivity contribution in [3.63, 3.8) is 0 Å². The molecule has 1 heterocycles. The van der Waals surface area contributed by atoms with Crippen LogP contribution in [0.4, 0.5) is 5.69 Å². The van der Waals surface area contributed by atoms with Crippen LogP contribution in [0.15, 0.2) is 53.4 Å². The van der Waals surface area contributed by atoms with Crippen molar-refractivity contribution < 1.29 is 13.2 Å². The fraction of sp³-hybridized carbons (Fsp3) is 0.250. The molecular formula is C16H17NO3S. The van der Waals surface area contributed by atoms with Gasteiger partial charge in [-0.05, 0) is 37.6 Å². The zero-order chi connectivity index (χ0) is 15.0. The number of aryl methyl sites for hydroxylation is 1. The number of anilines is 1. The third-order valence-corrected chi connectivity index (χ3v) is 5.70. The van der Waals surface area contributed by atoms with Gasteiger partial charge in [0.25, 0.3) is 10.0 Å². The van der Waals surface area contributed by atoms with E-state index in [1.807, 2.05) is 38.1 Å². The highest BCUT2D eigenvalue weighted by Gasteiger charge is 2.35. The molecule has 1 atom stereocenters. The molecule has 0 amide bonds. The maximum Gasteiger partial charge on any atom is 0.265 e. The molecule has 21 heavy (non-hydrogen) atoms. The maximum atomic E-state index is 13.1. The first-order chi connectivity index (χ1) is 10.0. The van der Waals surface area contributed by atoms with Crippen molar-refractivity contribution in [2.75, 3.05) is 10.9 Å². The van der Waals surface area contributed by atoms with Crippen LogP contribution in [0.2, 0.25) is 0 Å². The molecule has 110 valence electrons. The standard InChI is InChI=1S/C16H17NO3S/c1-12-7-3-6-10-16(12)21(18,19)17-13(2)11-20-15-9-5-4-8-14(15)17/h3-10,13H,11H2,1-2H3. The number of hydrogen-bond acceptors (Lipinski definition) is 3. The van der Waals surface area contributed by atoms with Gasteiger partial charge in [0.05, 0.1) is 16.6 Å². The first kappa shape index (κ1) is 13.9. The van der Waals surface area contributed by atoms with E-state index in [0.717, 1.165) is 5.56 Å². The lowest BCUT2D eigenvalue weighted by molar-refractivity contribution is 0.281. The summed E-state index contributed by atoms with van der Waals surface area (Å²) in [6.07, 6.45) is 0. The number of hydrogen-bond donors (Lipinski definition) is 0. The van der Waals surface area contributed by atoms with Gasteiger partial charge in [-0.1, -0.05) is 30.3 Å². The van der Waals surface area contributed by atoms with Crippen LogP contribution in [-0.2, 0) is 10.0 Å². The van der Waals surface area contributed by atoms with Gasteiger partial charge in [0.15, 0.2) is 0 Å². The molecule has 0 aliphatic carbocycles. The van der Waals surface area contributed by atoms with Crippen molar-refractivity contribution in [2.45, 2.75) is 24.8 Å². The summed E-state index contributed by atoms with van der Waals surface area (Å²) in [6, 6.07) is 14.0. The predicted octanol–water partition coefficient (Wildman–Crippen LogP) is 2.97. The van der Waals surface area contributed by atoms with E-state index in [4.69, 9.17) is 4.74 Å². The fourth-order valence-electron chi connectivity index (χ4n) is 2.59. The van der Waals surface area contributed by atoms with Crippen molar-refractivity contribution in [3.05, 3.63) is 54.1 Å². The predicted molar refractivity (Wildman–Crippen MR) is 82.2 cm³/mol. The van der Waals surface area contributed by atoms with Crippen LogP contribution < -0.4 is 9.04 Å². The highest BCUT2D eigenvalue weighted by molar-refractivity contribution is 7.93. The highest BCUT2D eigenvalue weighted by Crippen LogP contribution is 2.37. The average Bonchev–Trinajstić information content (AvgIpc) is 2.47. The summed E-state index contributed by atoms with van der Waals surface area (Å²) in [7, 11) is -3.60. The first-order valence-corrected chi connectivity index (χ1v) is 8.27. The number of nitrogens with zero attached hydrogens (tertiary/aromatic N) is 1. The molecule has 0 radical (unpaired) electrons. The van der Waals surface area contributed by atoms with Gasteiger partial charge >= 0.3 is 0 Å². The minimum atomic E-state index is -3.60. The van der Waals surface area contributed by atoms with Crippen LogP contribution in [0.25, 0.3) is 0 Å². The van der Waals surface area contributed by atoms with Crippen LogP contribution in [0, 0.1) is 6.92 Å². The Labute approximate surface area is 125 Å². The molecule has 5 heteroatoms. The van der Waals surface area contributed by atoms with E-state index in [2.05, 4.69) is 0 Å². The van der Waals surface area contributed by atoms with Gasteiger partial charge in [-0.15, -0.1) is 0 Å². The van der Waals surface area contributed by atoms with Crippen molar-refractivity contribution in [1.82, 2.24) is 0 Å². The van der Waals surface area contributed by atoms with E-state index in [-0.39, 0.29) is 6.04 Å². The third kappa shape index (κ3) is 2.27. The van der Waals surface area contributed by atoms with E-state index in [0.29, 0.717) is 22.9 Å². The molecule has 0 aromatic heterocycles. The van der Waals surface area contributed by atoms with Gasteiger partial charge in [-0.2, -0.15) is 0 Å². The molecule has 4 nitrogen and oxygen atoms in total. The van der Waals surface area contributed by atoms with E-state index in [1.54, 1.807) is 24.3 Å². The Hall–Kier alpha value is -2.01. The minimum Gasteiger partial charge on any atom is -0.489 e. The largest absolute Gasteiger partial charge is 0.489 e. The Morgan fingerprint density at radius 1 is 1.10 bits per heavy atom. The van der Waals surface area contributed by atoms with Gasteiger partial charge in [-0.25, -0.2) is 8.42 Å². The number of benzene rings is 2. The Bertz CT molecular complexity index is 771. The molecule has 0 saturated carbocycles. The number of para-hydroxylation sites is 2. The summed E-state index contributed by atoms with van der Waals surface area (Å²) in [4.78, 5) is 0.341. The molecule has 0 saturated heterocycles. The Morgan fingerprint density at radius 3 is 2.52 bits per heavy atom. The zero-order valence-corrected chi connectivity index (χ0v) is 12.8. The summed E-state index contributed by atoms with van der Waals surface area (Å²) in [5.74, 6) is 0.604. The second-order valence-corrected chi connectivity index (χ2v) is 6.98. The lowest BCUT2D eigenvalue weighted by Gasteiger charge is -2.35. The van der Waals surface area contributed by atoms with E-state index in [9.17, 15) is 8.42 Å². The summed E-state index contributed by atoms with van der Waals surface area (Å²) >= 11 is 0. The molecule has 0 N–H and O–H groups in total. The summed E-state index contributed by atoms with van der Waals surface area (Å²) in [5, 5.41) is 0. The summed E-state index contributed by atoms with van der Waals surface area (Å²) in [6.45, 7) is 4.01. The van der Waals surface area contributed by atoms with Gasteiger partial charge in [-0.3, -0.25) is 4.31 Å². The van der Waals surface area contributed by atoms with Crippen LogP contribution in [0.5, 0.6) is 5.75 Å². The summed E-state index contributed by atoms with van der Waals surface area (Å²) < 4.78 is 33.2. The normalized spacial score (nSPS) is 18.0. The quantitative estimate of drug-likeness (QED) is 0.857. The second-order valence-electron chi connectivity index (χ2n) is 5.19. The number of ether oxygens (including phenoxy) is 1. The molecule has 0 bridgehead atoms. The van der Waals surface area contributed by atoms with Gasteiger partial charge in [0.2, 0.25) is 0 Å². The molecule has 2 aromatic rings. The smallest absolute Gasteiger partial charge is 0.265 e. The van der Waals surface area contributed by atoms with Crippen molar-refractivity contribution in [1.29, 1.82) is 0 Å². The lowest BCUT2D eigenvalue weighted by atomic mass is 10.2. The first-order valence-electron chi connectivity index (χ1n) is 6.83. The molecule has 2 aromatic carbocycles. The molecule has 0 fully saturated rings. The Kier molecular flexibility index (Phi) is 3.37.